The number of nitrogens with zero attached hydrogens (tertiary/aromatic N) is 7. The number of azo groups is 2. The summed E-state index contributed by atoms with van der Waals surface area (Å²) in [7, 11) is -6.30. The maximum Gasteiger partial charge on any atom is 0.425 e. The molecule has 273 valence electrons. The van der Waals surface area contributed by atoms with Crippen LogP contribution < -0.4 is 4.74 Å². The van der Waals surface area contributed by atoms with Crippen molar-refractivity contribution in [2.45, 2.75) is 52.0 Å². The third kappa shape index (κ3) is 12.5. The van der Waals surface area contributed by atoms with Crippen LogP contribution in [0.2, 0.25) is 0 Å². The van der Waals surface area contributed by atoms with Gasteiger partial charge < -0.3 is 24.8 Å². The minimum atomic E-state index is -4.50. The second-order valence-corrected chi connectivity index (χ2v) is 13.3. The maximum absolute atomic E-state index is 11.7. The average molecular weight is 834 g/mol. The van der Waals surface area contributed by atoms with Crippen LogP contribution in [0.15, 0.2) is 92.1 Å². The molecule has 0 unspecified atom stereocenters. The fourth-order valence-corrected chi connectivity index (χ4v) is 5.65. The summed E-state index contributed by atoms with van der Waals surface area (Å²) in [5.74, 6) is 1.19. The third-order valence-corrected chi connectivity index (χ3v) is 8.59. The summed E-state index contributed by atoms with van der Waals surface area (Å²) in [5, 5.41) is 26.5. The molecule has 1 radical (unpaired) electrons. The molecule has 0 saturated carbocycles. The van der Waals surface area contributed by atoms with Crippen molar-refractivity contribution in [3.05, 3.63) is 124 Å². The van der Waals surface area contributed by atoms with Gasteiger partial charge in [0.1, 0.15) is 10.6 Å². The van der Waals surface area contributed by atoms with Crippen LogP contribution in [0.25, 0.3) is 0 Å². The van der Waals surface area contributed by atoms with E-state index in [0.717, 1.165) is 44.6 Å². The SMILES string of the molecule is COc1ccc(N=Nc2cc(C)c(Cc3n[c-]nc(Cc4cc(C)c(N=Nc5ccc(CO)cc5)cc4C)n3)cc2C)cc1S(=O)(=O)O.O=S(=O)=O.[Y]. The molecule has 0 atom stereocenters. The van der Waals surface area contributed by atoms with Gasteiger partial charge in [0.25, 0.3) is 10.1 Å². The average Bonchev–Trinajstić information content (AvgIpc) is 3.09. The fraction of sp³-hybridized carbons (Fsp3) is 0.229. The molecule has 0 spiro atoms. The number of ether oxygens (including phenoxy) is 1. The number of methoxy groups -OCH3 is 1. The molecule has 15 nitrogen and oxygen atoms in total. The molecule has 0 aliphatic heterocycles. The summed E-state index contributed by atoms with van der Waals surface area (Å²) in [6.07, 6.45) is 3.72. The van der Waals surface area contributed by atoms with Crippen molar-refractivity contribution in [3.8, 4) is 5.75 Å². The molecule has 1 heterocycles. The fourth-order valence-electron chi connectivity index (χ4n) is 4.98. The third-order valence-electron chi connectivity index (χ3n) is 7.71. The van der Waals surface area contributed by atoms with Crippen LogP contribution in [0.3, 0.4) is 0 Å². The monoisotopic (exact) mass is 833 g/mol. The molecule has 0 bridgehead atoms. The van der Waals surface area contributed by atoms with Crippen molar-refractivity contribution in [1.29, 1.82) is 0 Å². The molecule has 0 fully saturated rings. The predicted octanol–water partition coefficient (Wildman–Crippen LogP) is 6.66. The van der Waals surface area contributed by atoms with Crippen molar-refractivity contribution in [2.75, 3.05) is 7.11 Å². The first-order valence-corrected chi connectivity index (χ1v) is 17.9. The molecule has 5 rings (SSSR count). The Morgan fingerprint density at radius 3 is 1.64 bits per heavy atom. The van der Waals surface area contributed by atoms with Crippen LogP contribution in [0.5, 0.6) is 5.75 Å². The van der Waals surface area contributed by atoms with Crippen molar-refractivity contribution < 1.29 is 68.1 Å². The Kier molecular flexibility index (Phi) is 15.8. The van der Waals surface area contributed by atoms with Gasteiger partial charge in [-0.3, -0.25) is 4.55 Å². The summed E-state index contributed by atoms with van der Waals surface area (Å²) < 4.78 is 63.3. The largest absolute Gasteiger partial charge is 0.495 e. The summed E-state index contributed by atoms with van der Waals surface area (Å²) in [6.45, 7) is 7.85. The summed E-state index contributed by atoms with van der Waals surface area (Å²) in [5.41, 5.74) is 9.02. The van der Waals surface area contributed by atoms with Crippen LogP contribution in [0.4, 0.5) is 22.7 Å². The molecule has 0 saturated heterocycles. The maximum atomic E-state index is 11.7. The van der Waals surface area contributed by atoms with Gasteiger partial charge in [0.05, 0.1) is 36.5 Å². The van der Waals surface area contributed by atoms with E-state index >= 15 is 0 Å². The van der Waals surface area contributed by atoms with Gasteiger partial charge in [0, 0.05) is 50.7 Å². The van der Waals surface area contributed by atoms with Gasteiger partial charge in [-0.1, -0.05) is 24.3 Å². The molecule has 5 aromatic rings. The van der Waals surface area contributed by atoms with E-state index < -0.39 is 20.7 Å². The Hall–Kier alpha value is -4.52. The van der Waals surface area contributed by atoms with Crippen LogP contribution in [0.1, 0.15) is 50.6 Å². The zero-order chi connectivity index (χ0) is 38.0. The van der Waals surface area contributed by atoms with Crippen molar-refractivity contribution in [2.24, 2.45) is 20.5 Å². The first kappa shape index (κ1) is 42.9. The quantitative estimate of drug-likeness (QED) is 0.0813. The van der Waals surface area contributed by atoms with E-state index in [1.165, 1.54) is 19.2 Å². The van der Waals surface area contributed by atoms with Gasteiger partial charge in [0.2, 0.25) is 0 Å². The number of aliphatic hydroxyl groups is 1. The molecule has 0 aliphatic rings. The zero-order valence-corrected chi connectivity index (χ0v) is 33.8. The van der Waals surface area contributed by atoms with Gasteiger partial charge in [-0.15, -0.1) is 12.6 Å². The Morgan fingerprint density at radius 1 is 0.717 bits per heavy atom. The minimum absolute atomic E-state index is 0. The number of hydrogen-bond donors (Lipinski definition) is 2. The van der Waals surface area contributed by atoms with E-state index in [9.17, 15) is 18.1 Å². The van der Waals surface area contributed by atoms with Gasteiger partial charge >= 0.3 is 10.6 Å². The van der Waals surface area contributed by atoms with Gasteiger partial charge in [-0.05, 0) is 122 Å². The van der Waals surface area contributed by atoms with E-state index in [2.05, 4.69) is 42.8 Å². The van der Waals surface area contributed by atoms with Crippen LogP contribution in [-0.4, -0.2) is 52.8 Å². The second-order valence-electron chi connectivity index (χ2n) is 11.5. The van der Waals surface area contributed by atoms with Crippen LogP contribution in [0, 0.1) is 34.0 Å². The van der Waals surface area contributed by atoms with E-state index in [0.29, 0.717) is 35.9 Å². The summed E-state index contributed by atoms with van der Waals surface area (Å²) in [6, 6.07) is 19.4. The zero-order valence-electron chi connectivity index (χ0n) is 29.3. The smallest absolute Gasteiger partial charge is 0.425 e. The summed E-state index contributed by atoms with van der Waals surface area (Å²) in [4.78, 5) is 12.9. The Labute approximate surface area is 333 Å². The van der Waals surface area contributed by atoms with Crippen LogP contribution >= 0.6 is 0 Å². The molecule has 0 amide bonds. The van der Waals surface area contributed by atoms with Gasteiger partial charge in [0.15, 0.2) is 0 Å². The van der Waals surface area contributed by atoms with Gasteiger partial charge in [-0.25, -0.2) is 0 Å². The number of benzene rings is 4. The molecule has 53 heavy (non-hydrogen) atoms. The Balaban J connectivity index is 0.00000144. The first-order valence-electron chi connectivity index (χ1n) is 15.4. The van der Waals surface area contributed by atoms with Crippen molar-refractivity contribution >= 4 is 43.5 Å². The molecule has 2 N–H and O–H groups in total. The minimum Gasteiger partial charge on any atom is -0.495 e. The first-order chi connectivity index (χ1) is 24.7. The van der Waals surface area contributed by atoms with Crippen LogP contribution in [-0.2, 0) is 72.9 Å². The normalized spacial score (nSPS) is 11.2. The summed E-state index contributed by atoms with van der Waals surface area (Å²) >= 11 is 0. The predicted molar refractivity (Wildman–Crippen MR) is 189 cm³/mol. The molecule has 0 aliphatic carbocycles. The molecule has 4 aromatic carbocycles. The Morgan fingerprint density at radius 2 is 1.19 bits per heavy atom. The number of rotatable bonds is 11. The molecule has 18 heteroatoms. The molecular weight excluding hydrogens is 799 g/mol. The van der Waals surface area contributed by atoms with Crippen molar-refractivity contribution in [3.63, 3.8) is 0 Å². The van der Waals surface area contributed by atoms with E-state index in [-0.39, 0.29) is 55.6 Å². The van der Waals surface area contributed by atoms with Crippen molar-refractivity contribution in [1.82, 2.24) is 15.0 Å². The number of aromatic nitrogens is 3. The van der Waals surface area contributed by atoms with E-state index in [1.807, 2.05) is 70.2 Å². The Bertz CT molecular complexity index is 2370. The number of aliphatic hydroxyl groups excluding tert-OH is 1. The molecule has 1 aromatic heterocycles. The standard InChI is InChI=1S/C35H34N7O5S.O3S.Y/c1-21-14-30(41-39-28-8-6-25(19-43)7-9-28)23(3)12-26(21)16-34-36-20-37-35(38-34)17-27-13-24(4)31(15-22(27)2)42-40-29-10-11-32(47-5)33(18-29)48(44,45)46;1-4(2)3;/h6-15,18,43H,16-17,19H2,1-5H3,(H,44,45,46);;/q-1;;. The molecular formula is C35H34N7O8S2Y-. The van der Waals surface area contributed by atoms with Gasteiger partial charge in [-0.2, -0.15) is 28.9 Å². The van der Waals surface area contributed by atoms with E-state index in [4.69, 9.17) is 22.3 Å². The second kappa shape index (κ2) is 19.5. The van der Waals surface area contributed by atoms with E-state index in [1.54, 1.807) is 6.07 Å². The topological polar surface area (TPSA) is 223 Å². The number of hydrogen-bond acceptors (Lipinski definition) is 14. The number of aryl methyl sites for hydroxylation is 4.